The van der Waals surface area contributed by atoms with Crippen molar-refractivity contribution in [1.82, 2.24) is 10.1 Å². The van der Waals surface area contributed by atoms with Gasteiger partial charge in [-0.05, 0) is 26.2 Å². The lowest BCUT2D eigenvalue weighted by molar-refractivity contribution is -0.00459. The van der Waals surface area contributed by atoms with Gasteiger partial charge in [0.1, 0.15) is 12.2 Å². The maximum absolute atomic E-state index is 9.21. The minimum atomic E-state index is -0.684. The Hall–Kier alpha value is -0.940. The molecule has 78 valence electrons. The first-order chi connectivity index (χ1) is 6.77. The zero-order valence-electron chi connectivity index (χ0n) is 8.14. The average Bonchev–Trinajstić information content (AvgIpc) is 2.68. The maximum atomic E-state index is 9.21. The first kappa shape index (κ1) is 9.61. The highest BCUT2D eigenvalue weighted by Gasteiger charge is 2.23. The summed E-state index contributed by atoms with van der Waals surface area (Å²) in [5.74, 6) is 0.815. The highest BCUT2D eigenvalue weighted by atomic mass is 16.5. The molecule has 5 nitrogen and oxygen atoms in total. The van der Waals surface area contributed by atoms with Gasteiger partial charge in [-0.3, -0.25) is 0 Å². The van der Waals surface area contributed by atoms with Crippen molar-refractivity contribution in [2.24, 2.45) is 0 Å². The summed E-state index contributed by atoms with van der Waals surface area (Å²) in [4.78, 5) is 4.08. The molecule has 1 N–H and O–H groups in total. The van der Waals surface area contributed by atoms with Crippen molar-refractivity contribution in [3.05, 3.63) is 11.7 Å². The lowest BCUT2D eigenvalue weighted by atomic mass is 10.1. The Balaban J connectivity index is 2.07. The monoisotopic (exact) mass is 198 g/mol. The molecular formula is C9H14N2O3. The topological polar surface area (TPSA) is 68.4 Å². The quantitative estimate of drug-likeness (QED) is 0.777. The standard InChI is InChI=1S/C9H14N2O3/c1-6(12)8-10-9(14-11-8)7-4-2-3-5-13-7/h6-7,12H,2-5H2,1H3. The van der Waals surface area contributed by atoms with Gasteiger partial charge in [0.2, 0.25) is 0 Å². The fraction of sp³-hybridized carbons (Fsp3) is 0.778. The Morgan fingerprint density at radius 1 is 1.50 bits per heavy atom. The molecule has 0 aliphatic carbocycles. The molecule has 5 heteroatoms. The van der Waals surface area contributed by atoms with Crippen LogP contribution in [-0.2, 0) is 4.74 Å². The third kappa shape index (κ3) is 1.93. The Morgan fingerprint density at radius 2 is 2.36 bits per heavy atom. The summed E-state index contributed by atoms with van der Waals surface area (Å²) in [5.41, 5.74) is 0. The largest absolute Gasteiger partial charge is 0.385 e. The number of hydrogen-bond donors (Lipinski definition) is 1. The van der Waals surface area contributed by atoms with E-state index in [1.54, 1.807) is 6.92 Å². The second-order valence-corrected chi connectivity index (χ2v) is 3.52. The lowest BCUT2D eigenvalue weighted by Gasteiger charge is -2.18. The predicted octanol–water partition coefficient (Wildman–Crippen LogP) is 1.36. The van der Waals surface area contributed by atoms with Crippen LogP contribution in [0, 0.1) is 0 Å². The third-order valence-corrected chi connectivity index (χ3v) is 2.29. The molecule has 14 heavy (non-hydrogen) atoms. The first-order valence-corrected chi connectivity index (χ1v) is 4.90. The maximum Gasteiger partial charge on any atom is 0.255 e. The number of aliphatic hydroxyl groups is 1. The van der Waals surface area contributed by atoms with E-state index in [0.29, 0.717) is 11.7 Å². The number of aliphatic hydroxyl groups excluding tert-OH is 1. The summed E-state index contributed by atoms with van der Waals surface area (Å²) in [5, 5.41) is 12.9. The van der Waals surface area contributed by atoms with Crippen LogP contribution in [0.2, 0.25) is 0 Å². The van der Waals surface area contributed by atoms with Crippen molar-refractivity contribution in [3.8, 4) is 0 Å². The fourth-order valence-electron chi connectivity index (χ4n) is 1.48. The van der Waals surface area contributed by atoms with Gasteiger partial charge in [0.25, 0.3) is 5.89 Å². The zero-order valence-corrected chi connectivity index (χ0v) is 8.14. The Morgan fingerprint density at radius 3 is 2.93 bits per heavy atom. The van der Waals surface area contributed by atoms with Crippen LogP contribution < -0.4 is 0 Å². The molecule has 1 fully saturated rings. The molecule has 2 heterocycles. The predicted molar refractivity (Wildman–Crippen MR) is 47.5 cm³/mol. The van der Waals surface area contributed by atoms with Gasteiger partial charge in [0.05, 0.1) is 0 Å². The Labute approximate surface area is 82.1 Å². The van der Waals surface area contributed by atoms with Gasteiger partial charge in [-0.2, -0.15) is 4.98 Å². The molecule has 1 aromatic rings. The van der Waals surface area contributed by atoms with E-state index in [9.17, 15) is 5.11 Å². The van der Waals surface area contributed by atoms with E-state index in [-0.39, 0.29) is 6.10 Å². The molecule has 2 unspecified atom stereocenters. The molecule has 1 aromatic heterocycles. The van der Waals surface area contributed by atoms with E-state index in [2.05, 4.69) is 10.1 Å². The molecular weight excluding hydrogens is 184 g/mol. The molecule has 1 aliphatic rings. The van der Waals surface area contributed by atoms with Crippen LogP contribution in [0.4, 0.5) is 0 Å². The highest BCUT2D eigenvalue weighted by molar-refractivity contribution is 4.93. The van der Waals surface area contributed by atoms with E-state index in [1.807, 2.05) is 0 Å². The second-order valence-electron chi connectivity index (χ2n) is 3.52. The van der Waals surface area contributed by atoms with Crippen molar-refractivity contribution >= 4 is 0 Å². The number of ether oxygens (including phenoxy) is 1. The summed E-state index contributed by atoms with van der Waals surface area (Å²) in [6.45, 7) is 2.35. The number of nitrogens with zero attached hydrogens (tertiary/aromatic N) is 2. The number of hydrogen-bond acceptors (Lipinski definition) is 5. The van der Waals surface area contributed by atoms with Crippen LogP contribution in [0.3, 0.4) is 0 Å². The minimum Gasteiger partial charge on any atom is -0.385 e. The summed E-state index contributed by atoms with van der Waals surface area (Å²) in [6, 6.07) is 0. The molecule has 1 saturated heterocycles. The van der Waals surface area contributed by atoms with Crippen LogP contribution in [0.25, 0.3) is 0 Å². The summed E-state index contributed by atoms with van der Waals surface area (Å²) >= 11 is 0. The second kappa shape index (κ2) is 4.06. The normalized spacial score (nSPS) is 24.9. The fourth-order valence-corrected chi connectivity index (χ4v) is 1.48. The van der Waals surface area contributed by atoms with Gasteiger partial charge < -0.3 is 14.4 Å². The third-order valence-electron chi connectivity index (χ3n) is 2.29. The van der Waals surface area contributed by atoms with E-state index in [1.165, 1.54) is 0 Å². The Bertz CT molecular complexity index is 292. The van der Waals surface area contributed by atoms with E-state index in [0.717, 1.165) is 25.9 Å². The van der Waals surface area contributed by atoms with Crippen molar-refractivity contribution in [2.45, 2.75) is 38.4 Å². The molecule has 0 radical (unpaired) electrons. The molecule has 0 bridgehead atoms. The minimum absolute atomic E-state index is 0.0799. The molecule has 0 aromatic carbocycles. The van der Waals surface area contributed by atoms with Gasteiger partial charge in [0, 0.05) is 6.61 Å². The Kier molecular flexibility index (Phi) is 2.79. The van der Waals surface area contributed by atoms with Crippen molar-refractivity contribution < 1.29 is 14.4 Å². The van der Waals surface area contributed by atoms with Gasteiger partial charge in [-0.1, -0.05) is 5.16 Å². The summed E-state index contributed by atoms with van der Waals surface area (Å²) in [6.07, 6.45) is 2.37. The molecule has 0 spiro atoms. The van der Waals surface area contributed by atoms with E-state index < -0.39 is 6.10 Å². The summed E-state index contributed by atoms with van der Waals surface area (Å²) < 4.78 is 10.5. The van der Waals surface area contributed by atoms with Crippen molar-refractivity contribution in [3.63, 3.8) is 0 Å². The van der Waals surface area contributed by atoms with Crippen molar-refractivity contribution in [2.75, 3.05) is 6.61 Å². The van der Waals surface area contributed by atoms with Crippen LogP contribution in [-0.4, -0.2) is 21.9 Å². The lowest BCUT2D eigenvalue weighted by Crippen LogP contribution is -2.11. The van der Waals surface area contributed by atoms with Crippen LogP contribution in [0.1, 0.15) is 50.1 Å². The number of aromatic nitrogens is 2. The average molecular weight is 198 g/mol. The molecule has 2 rings (SSSR count). The van der Waals surface area contributed by atoms with Gasteiger partial charge >= 0.3 is 0 Å². The van der Waals surface area contributed by atoms with Gasteiger partial charge in [-0.25, -0.2) is 0 Å². The summed E-state index contributed by atoms with van der Waals surface area (Å²) in [7, 11) is 0. The van der Waals surface area contributed by atoms with E-state index in [4.69, 9.17) is 9.26 Å². The SMILES string of the molecule is CC(O)c1noc(C2CCCCO2)n1. The van der Waals surface area contributed by atoms with Crippen LogP contribution in [0.15, 0.2) is 4.52 Å². The molecule has 2 atom stereocenters. The smallest absolute Gasteiger partial charge is 0.255 e. The van der Waals surface area contributed by atoms with Crippen molar-refractivity contribution in [1.29, 1.82) is 0 Å². The molecule has 0 saturated carbocycles. The van der Waals surface area contributed by atoms with Crippen LogP contribution >= 0.6 is 0 Å². The first-order valence-electron chi connectivity index (χ1n) is 4.90. The molecule has 0 amide bonds. The van der Waals surface area contributed by atoms with E-state index >= 15 is 0 Å². The number of rotatable bonds is 2. The zero-order chi connectivity index (χ0) is 9.97. The van der Waals surface area contributed by atoms with Crippen LogP contribution in [0.5, 0.6) is 0 Å². The molecule has 1 aliphatic heterocycles. The van der Waals surface area contributed by atoms with Gasteiger partial charge in [0.15, 0.2) is 5.82 Å². The van der Waals surface area contributed by atoms with Gasteiger partial charge in [-0.15, -0.1) is 0 Å². The highest BCUT2D eigenvalue weighted by Crippen LogP contribution is 2.26.